The van der Waals surface area contributed by atoms with Gasteiger partial charge < -0.3 is 10.0 Å². The Hall–Kier alpha value is -1.46. The van der Waals surface area contributed by atoms with Crippen molar-refractivity contribution in [2.45, 2.75) is 25.4 Å². The molecule has 0 amide bonds. The fourth-order valence-corrected chi connectivity index (χ4v) is 2.60. The maximum absolute atomic E-state index is 11.1. The SMILES string of the molecule is CN(C)C1CCCN(Cc2cccnc2C(=O)O)C1. The first-order valence-corrected chi connectivity index (χ1v) is 6.64. The summed E-state index contributed by atoms with van der Waals surface area (Å²) in [5.41, 5.74) is 0.976. The average Bonchev–Trinajstić information content (AvgIpc) is 2.39. The molecule has 0 radical (unpaired) electrons. The van der Waals surface area contributed by atoms with Gasteiger partial charge in [0, 0.05) is 25.3 Å². The van der Waals surface area contributed by atoms with Crippen LogP contribution in [0.4, 0.5) is 0 Å². The molecule has 1 aliphatic rings. The topological polar surface area (TPSA) is 56.7 Å². The molecule has 1 N–H and O–H groups in total. The van der Waals surface area contributed by atoms with Gasteiger partial charge in [0.1, 0.15) is 0 Å². The molecule has 0 saturated carbocycles. The van der Waals surface area contributed by atoms with Gasteiger partial charge in [0.05, 0.1) is 0 Å². The van der Waals surface area contributed by atoms with E-state index in [4.69, 9.17) is 5.11 Å². The van der Waals surface area contributed by atoms with Crippen molar-refractivity contribution in [1.29, 1.82) is 0 Å². The summed E-state index contributed by atoms with van der Waals surface area (Å²) in [5.74, 6) is -0.947. The van der Waals surface area contributed by atoms with Crippen LogP contribution in [0.3, 0.4) is 0 Å². The molecule has 5 heteroatoms. The zero-order valence-corrected chi connectivity index (χ0v) is 11.5. The molecule has 1 aliphatic heterocycles. The molecule has 0 aliphatic carbocycles. The molecule has 2 rings (SSSR count). The minimum atomic E-state index is -0.947. The number of likely N-dealkylation sites (N-methyl/N-ethyl adjacent to an activating group) is 1. The number of nitrogens with zero attached hydrogens (tertiary/aromatic N) is 3. The predicted octanol–water partition coefficient (Wildman–Crippen LogP) is 1.31. The van der Waals surface area contributed by atoms with E-state index in [-0.39, 0.29) is 5.69 Å². The van der Waals surface area contributed by atoms with Crippen LogP contribution in [0.2, 0.25) is 0 Å². The number of pyridine rings is 1. The zero-order valence-electron chi connectivity index (χ0n) is 11.5. The Kier molecular flexibility index (Phi) is 4.50. The van der Waals surface area contributed by atoms with Crippen LogP contribution in [0, 0.1) is 0 Å². The molecule has 1 aromatic rings. The number of piperidine rings is 1. The van der Waals surface area contributed by atoms with Crippen molar-refractivity contribution in [3.63, 3.8) is 0 Å². The predicted molar refractivity (Wildman–Crippen MR) is 73.2 cm³/mol. The van der Waals surface area contributed by atoms with Gasteiger partial charge in [0.15, 0.2) is 5.69 Å². The molecule has 5 nitrogen and oxygen atoms in total. The van der Waals surface area contributed by atoms with E-state index in [1.54, 1.807) is 6.07 Å². The standard InChI is InChI=1S/C14H21N3O2/c1-16(2)12-6-4-8-17(10-12)9-11-5-3-7-15-13(11)14(18)19/h3,5,7,12H,4,6,8-10H2,1-2H3,(H,18,19). The van der Waals surface area contributed by atoms with Crippen LogP contribution in [0.25, 0.3) is 0 Å². The number of aromatic nitrogens is 1. The molecular weight excluding hydrogens is 242 g/mol. The lowest BCUT2D eigenvalue weighted by Crippen LogP contribution is -2.44. The van der Waals surface area contributed by atoms with Gasteiger partial charge in [-0.05, 0) is 45.1 Å². The van der Waals surface area contributed by atoms with E-state index in [1.165, 1.54) is 12.6 Å². The van der Waals surface area contributed by atoms with E-state index in [0.717, 1.165) is 25.1 Å². The molecule has 0 spiro atoms. The normalized spacial score (nSPS) is 20.7. The van der Waals surface area contributed by atoms with Crippen molar-refractivity contribution in [2.24, 2.45) is 0 Å². The van der Waals surface area contributed by atoms with Gasteiger partial charge in [-0.15, -0.1) is 0 Å². The smallest absolute Gasteiger partial charge is 0.354 e. The fraction of sp³-hybridized carbons (Fsp3) is 0.571. The van der Waals surface area contributed by atoms with E-state index in [1.807, 2.05) is 6.07 Å². The summed E-state index contributed by atoms with van der Waals surface area (Å²) in [6.07, 6.45) is 3.90. The number of rotatable bonds is 4. The third kappa shape index (κ3) is 3.52. The summed E-state index contributed by atoms with van der Waals surface area (Å²) in [6.45, 7) is 2.68. The molecule has 2 heterocycles. The minimum Gasteiger partial charge on any atom is -0.477 e. The van der Waals surface area contributed by atoms with Crippen LogP contribution in [-0.4, -0.2) is 59.1 Å². The number of hydrogen-bond donors (Lipinski definition) is 1. The van der Waals surface area contributed by atoms with Crippen LogP contribution >= 0.6 is 0 Å². The maximum atomic E-state index is 11.1. The summed E-state index contributed by atoms with van der Waals surface area (Å²) in [4.78, 5) is 19.7. The largest absolute Gasteiger partial charge is 0.477 e. The molecule has 1 unspecified atom stereocenters. The molecule has 1 saturated heterocycles. The number of carboxylic acid groups (broad SMARTS) is 1. The first-order chi connectivity index (χ1) is 9.08. The molecule has 104 valence electrons. The van der Waals surface area contributed by atoms with Crippen LogP contribution in [0.1, 0.15) is 28.9 Å². The Labute approximate surface area is 113 Å². The highest BCUT2D eigenvalue weighted by molar-refractivity contribution is 5.86. The molecular formula is C14H21N3O2. The molecule has 0 bridgehead atoms. The lowest BCUT2D eigenvalue weighted by Gasteiger charge is -2.36. The first kappa shape index (κ1) is 14.0. The summed E-state index contributed by atoms with van der Waals surface area (Å²) >= 11 is 0. The van der Waals surface area contributed by atoms with Gasteiger partial charge in [-0.25, -0.2) is 9.78 Å². The average molecular weight is 263 g/mol. The van der Waals surface area contributed by atoms with Gasteiger partial charge in [0.2, 0.25) is 0 Å². The molecule has 1 aromatic heterocycles. The van der Waals surface area contributed by atoms with Gasteiger partial charge in [-0.1, -0.05) is 6.07 Å². The highest BCUT2D eigenvalue weighted by Gasteiger charge is 2.22. The Balaban J connectivity index is 2.07. The summed E-state index contributed by atoms with van der Waals surface area (Å²) < 4.78 is 0. The van der Waals surface area contributed by atoms with Crippen molar-refractivity contribution in [2.75, 3.05) is 27.2 Å². The molecule has 1 atom stereocenters. The number of carboxylic acids is 1. The van der Waals surface area contributed by atoms with Crippen molar-refractivity contribution in [3.05, 3.63) is 29.6 Å². The van der Waals surface area contributed by atoms with Crippen LogP contribution in [0.15, 0.2) is 18.3 Å². The van der Waals surface area contributed by atoms with Gasteiger partial charge in [-0.2, -0.15) is 0 Å². The van der Waals surface area contributed by atoms with E-state index < -0.39 is 5.97 Å². The quantitative estimate of drug-likeness (QED) is 0.887. The fourth-order valence-electron chi connectivity index (χ4n) is 2.60. The van der Waals surface area contributed by atoms with E-state index in [0.29, 0.717) is 12.6 Å². The van der Waals surface area contributed by atoms with E-state index in [2.05, 4.69) is 28.9 Å². The van der Waals surface area contributed by atoms with Crippen molar-refractivity contribution < 1.29 is 9.90 Å². The van der Waals surface area contributed by atoms with Crippen LogP contribution in [0.5, 0.6) is 0 Å². The maximum Gasteiger partial charge on any atom is 0.354 e. The lowest BCUT2D eigenvalue weighted by molar-refractivity contribution is 0.0686. The molecule has 19 heavy (non-hydrogen) atoms. The van der Waals surface area contributed by atoms with Gasteiger partial charge >= 0.3 is 5.97 Å². The Morgan fingerprint density at radius 1 is 1.58 bits per heavy atom. The number of likely N-dealkylation sites (tertiary alicyclic amines) is 1. The number of hydrogen-bond acceptors (Lipinski definition) is 4. The minimum absolute atomic E-state index is 0.175. The van der Waals surface area contributed by atoms with Crippen molar-refractivity contribution in [3.8, 4) is 0 Å². The van der Waals surface area contributed by atoms with Crippen molar-refractivity contribution in [1.82, 2.24) is 14.8 Å². The highest BCUT2D eigenvalue weighted by atomic mass is 16.4. The highest BCUT2D eigenvalue weighted by Crippen LogP contribution is 2.17. The summed E-state index contributed by atoms with van der Waals surface area (Å²) in [6, 6.07) is 4.21. The number of aromatic carboxylic acids is 1. The van der Waals surface area contributed by atoms with E-state index >= 15 is 0 Å². The zero-order chi connectivity index (χ0) is 13.8. The second-order valence-electron chi connectivity index (χ2n) is 5.31. The van der Waals surface area contributed by atoms with E-state index in [9.17, 15) is 4.79 Å². The first-order valence-electron chi connectivity index (χ1n) is 6.64. The second kappa shape index (κ2) is 6.12. The van der Waals surface area contributed by atoms with Gasteiger partial charge in [-0.3, -0.25) is 4.90 Å². The lowest BCUT2D eigenvalue weighted by atomic mass is 10.0. The number of carbonyl (C=O) groups is 1. The van der Waals surface area contributed by atoms with Gasteiger partial charge in [0.25, 0.3) is 0 Å². The van der Waals surface area contributed by atoms with Crippen molar-refractivity contribution >= 4 is 5.97 Å². The monoisotopic (exact) mass is 263 g/mol. The molecule has 0 aromatic carbocycles. The third-order valence-electron chi connectivity index (χ3n) is 3.70. The Bertz CT molecular complexity index is 448. The molecule has 1 fully saturated rings. The summed E-state index contributed by atoms with van der Waals surface area (Å²) in [5, 5.41) is 9.15. The van der Waals surface area contributed by atoms with Crippen LogP contribution in [-0.2, 0) is 6.54 Å². The Morgan fingerprint density at radius 2 is 2.37 bits per heavy atom. The second-order valence-corrected chi connectivity index (χ2v) is 5.31. The third-order valence-corrected chi connectivity index (χ3v) is 3.70. The Morgan fingerprint density at radius 3 is 3.05 bits per heavy atom. The summed E-state index contributed by atoms with van der Waals surface area (Å²) in [7, 11) is 4.20. The van der Waals surface area contributed by atoms with Crippen LogP contribution < -0.4 is 0 Å².